The molecule has 5 heteroatoms. The molecule has 0 N–H and O–H groups in total. The third kappa shape index (κ3) is 5.47. The largest absolute Gasteiger partial charge is 0.457 e. The van der Waals surface area contributed by atoms with E-state index in [4.69, 9.17) is 14.3 Å². The van der Waals surface area contributed by atoms with E-state index in [1.165, 1.54) is 0 Å². The summed E-state index contributed by atoms with van der Waals surface area (Å²) < 4.78 is 12.1. The van der Waals surface area contributed by atoms with Gasteiger partial charge in [0.25, 0.3) is 0 Å². The van der Waals surface area contributed by atoms with Crippen LogP contribution in [0.25, 0.3) is 0 Å². The summed E-state index contributed by atoms with van der Waals surface area (Å²) in [5.41, 5.74) is 2.31. The van der Waals surface area contributed by atoms with Crippen molar-refractivity contribution in [3.8, 4) is 0 Å². The van der Waals surface area contributed by atoms with Gasteiger partial charge in [-0.05, 0) is 40.4 Å². The summed E-state index contributed by atoms with van der Waals surface area (Å²) in [4.78, 5) is 16.6. The van der Waals surface area contributed by atoms with Crippen LogP contribution in [0.4, 0.5) is 0 Å². The Morgan fingerprint density at radius 3 is 1.87 bits per heavy atom. The molecule has 0 aliphatic carbocycles. The molecule has 1 heterocycles. The van der Waals surface area contributed by atoms with E-state index >= 15 is 0 Å². The van der Waals surface area contributed by atoms with Crippen molar-refractivity contribution in [1.82, 2.24) is 0 Å². The maximum atomic E-state index is 11.8. The van der Waals surface area contributed by atoms with Crippen molar-refractivity contribution >= 4 is 19.1 Å². The van der Waals surface area contributed by atoms with Crippen molar-refractivity contribution < 1.29 is 14.1 Å². The number of hydrogen-bond acceptors (Lipinski definition) is 4. The molecule has 1 unspecified atom stereocenters. The topological polar surface area (TPSA) is 47.9 Å². The van der Waals surface area contributed by atoms with Gasteiger partial charge >= 0.3 is 7.12 Å². The molecular formula is C25H32BNO3. The first-order chi connectivity index (χ1) is 14.3. The van der Waals surface area contributed by atoms with Crippen LogP contribution >= 0.6 is 0 Å². The van der Waals surface area contributed by atoms with Gasteiger partial charge in [0.1, 0.15) is 12.3 Å². The van der Waals surface area contributed by atoms with E-state index in [2.05, 4.69) is 27.7 Å². The normalized spacial score (nSPS) is 18.1. The van der Waals surface area contributed by atoms with E-state index < -0.39 is 0 Å². The number of benzene rings is 2. The second-order valence-electron chi connectivity index (χ2n) is 8.88. The Bertz CT molecular complexity index is 792. The van der Waals surface area contributed by atoms with Crippen LogP contribution in [0.3, 0.4) is 0 Å². The number of rotatable bonds is 9. The first-order valence-electron chi connectivity index (χ1n) is 10.8. The quantitative estimate of drug-likeness (QED) is 0.244. The zero-order chi connectivity index (χ0) is 21.6. The summed E-state index contributed by atoms with van der Waals surface area (Å²) in [5.74, 6) is 0. The molecule has 0 amide bonds. The number of carbonyl (C=O) groups is 1. The Labute approximate surface area is 180 Å². The second kappa shape index (κ2) is 9.72. The highest BCUT2D eigenvalue weighted by atomic mass is 16.7. The smallest absolute Gasteiger partial charge is 0.403 e. The van der Waals surface area contributed by atoms with Crippen molar-refractivity contribution in [2.45, 2.75) is 70.5 Å². The number of aldehydes is 1. The van der Waals surface area contributed by atoms with E-state index in [-0.39, 0.29) is 24.4 Å². The molecule has 4 nitrogen and oxygen atoms in total. The lowest BCUT2D eigenvalue weighted by molar-refractivity contribution is -0.108. The molecule has 1 saturated heterocycles. The molecular weight excluding hydrogens is 373 g/mol. The van der Waals surface area contributed by atoms with Crippen molar-refractivity contribution in [2.75, 3.05) is 0 Å². The lowest BCUT2D eigenvalue weighted by Crippen LogP contribution is -2.41. The van der Waals surface area contributed by atoms with Gasteiger partial charge in [0, 0.05) is 11.1 Å². The molecule has 1 atom stereocenters. The Balaban J connectivity index is 1.62. The third-order valence-corrected chi connectivity index (χ3v) is 6.04. The first-order valence-corrected chi connectivity index (χ1v) is 10.8. The van der Waals surface area contributed by atoms with Crippen LogP contribution in [-0.4, -0.2) is 36.4 Å². The van der Waals surface area contributed by atoms with Gasteiger partial charge in [-0.15, -0.1) is 0 Å². The SMILES string of the molecule is CC1(C)OB(CCCCC(C=O)N=C(c2ccccc2)c2ccccc2)OC1(C)C. The summed E-state index contributed by atoms with van der Waals surface area (Å²) in [6.07, 6.45) is 4.33. The zero-order valence-corrected chi connectivity index (χ0v) is 18.5. The summed E-state index contributed by atoms with van der Waals surface area (Å²) in [6.45, 7) is 8.27. The van der Waals surface area contributed by atoms with E-state index in [0.717, 1.165) is 42.3 Å². The predicted octanol–water partition coefficient (Wildman–Crippen LogP) is 5.35. The van der Waals surface area contributed by atoms with Crippen molar-refractivity contribution in [3.63, 3.8) is 0 Å². The van der Waals surface area contributed by atoms with Crippen molar-refractivity contribution in [2.24, 2.45) is 4.99 Å². The highest BCUT2D eigenvalue weighted by Gasteiger charge is 2.50. The van der Waals surface area contributed by atoms with Gasteiger partial charge < -0.3 is 14.1 Å². The van der Waals surface area contributed by atoms with Gasteiger partial charge in [0.05, 0.1) is 16.9 Å². The molecule has 0 spiro atoms. The maximum absolute atomic E-state index is 11.8. The molecule has 1 fully saturated rings. The van der Waals surface area contributed by atoms with Crippen LogP contribution in [-0.2, 0) is 14.1 Å². The van der Waals surface area contributed by atoms with E-state index in [9.17, 15) is 4.79 Å². The average Bonchev–Trinajstić information content (AvgIpc) is 2.95. The summed E-state index contributed by atoms with van der Waals surface area (Å²) in [7, 11) is -0.183. The number of hydrogen-bond donors (Lipinski definition) is 0. The molecule has 1 aliphatic heterocycles. The minimum atomic E-state index is -0.362. The lowest BCUT2D eigenvalue weighted by Gasteiger charge is -2.32. The standard InChI is InChI=1S/C25H32BNO3/c1-24(2)25(3,4)30-26(29-24)18-12-11-17-22(19-28)27-23(20-13-7-5-8-14-20)21-15-9-6-10-16-21/h5-10,13-16,19,22H,11-12,17-18H2,1-4H3. The molecule has 2 aromatic carbocycles. The zero-order valence-electron chi connectivity index (χ0n) is 18.5. The molecule has 0 aromatic heterocycles. The maximum Gasteiger partial charge on any atom is 0.457 e. The Morgan fingerprint density at radius 2 is 1.40 bits per heavy atom. The fourth-order valence-electron chi connectivity index (χ4n) is 3.58. The Morgan fingerprint density at radius 1 is 0.900 bits per heavy atom. The highest BCUT2D eigenvalue weighted by molar-refractivity contribution is 6.45. The Hall–Kier alpha value is -2.24. The molecule has 0 radical (unpaired) electrons. The van der Waals surface area contributed by atoms with Crippen LogP contribution < -0.4 is 0 Å². The number of aliphatic imine (C=N–C) groups is 1. The highest BCUT2D eigenvalue weighted by Crippen LogP contribution is 2.38. The number of nitrogens with zero attached hydrogens (tertiary/aromatic N) is 1. The van der Waals surface area contributed by atoms with Crippen LogP contribution in [0, 0.1) is 0 Å². The lowest BCUT2D eigenvalue weighted by atomic mass is 9.82. The monoisotopic (exact) mass is 405 g/mol. The van der Waals surface area contributed by atoms with E-state index in [1.54, 1.807) is 0 Å². The van der Waals surface area contributed by atoms with Crippen molar-refractivity contribution in [1.29, 1.82) is 0 Å². The van der Waals surface area contributed by atoms with Gasteiger partial charge in [-0.2, -0.15) is 0 Å². The van der Waals surface area contributed by atoms with Crippen LogP contribution in [0.2, 0.25) is 6.32 Å². The molecule has 3 rings (SSSR count). The Kier molecular flexibility index (Phi) is 7.27. The molecule has 158 valence electrons. The van der Waals surface area contributed by atoms with Crippen LogP contribution in [0.5, 0.6) is 0 Å². The van der Waals surface area contributed by atoms with Crippen molar-refractivity contribution in [3.05, 3.63) is 71.8 Å². The summed E-state index contributed by atoms with van der Waals surface area (Å²) in [5, 5.41) is 0. The second-order valence-corrected chi connectivity index (χ2v) is 8.88. The van der Waals surface area contributed by atoms with Gasteiger partial charge in [0.15, 0.2) is 0 Å². The van der Waals surface area contributed by atoms with E-state index in [1.807, 2.05) is 60.7 Å². The minimum absolute atomic E-state index is 0.183. The summed E-state index contributed by atoms with van der Waals surface area (Å²) in [6, 6.07) is 19.7. The molecule has 30 heavy (non-hydrogen) atoms. The van der Waals surface area contributed by atoms with Gasteiger partial charge in [-0.25, -0.2) is 0 Å². The van der Waals surface area contributed by atoms with Crippen LogP contribution in [0.1, 0.15) is 58.1 Å². The third-order valence-electron chi connectivity index (χ3n) is 6.04. The molecule has 0 saturated carbocycles. The van der Waals surface area contributed by atoms with E-state index in [0.29, 0.717) is 6.42 Å². The average molecular weight is 405 g/mol. The van der Waals surface area contributed by atoms with Gasteiger partial charge in [0.2, 0.25) is 0 Å². The molecule has 2 aromatic rings. The molecule has 0 bridgehead atoms. The minimum Gasteiger partial charge on any atom is -0.403 e. The van der Waals surface area contributed by atoms with Gasteiger partial charge in [-0.1, -0.05) is 73.5 Å². The fourth-order valence-corrected chi connectivity index (χ4v) is 3.58. The first kappa shape index (κ1) is 22.5. The predicted molar refractivity (Wildman–Crippen MR) is 123 cm³/mol. The fraction of sp³-hybridized carbons (Fsp3) is 0.440. The van der Waals surface area contributed by atoms with Crippen LogP contribution in [0.15, 0.2) is 65.7 Å². The summed E-state index contributed by atoms with van der Waals surface area (Å²) >= 11 is 0. The van der Waals surface area contributed by atoms with Gasteiger partial charge in [-0.3, -0.25) is 4.99 Å². The number of unbranched alkanes of at least 4 members (excludes halogenated alkanes) is 1. The number of carbonyl (C=O) groups excluding carboxylic acids is 1. The molecule has 1 aliphatic rings.